The largest absolute Gasteiger partial charge is 0.480 e. The van der Waals surface area contributed by atoms with Gasteiger partial charge in [-0.1, -0.05) is 13.8 Å². The van der Waals surface area contributed by atoms with E-state index in [1.807, 2.05) is 13.8 Å². The number of nitrogens with two attached hydrogens (primary N) is 1. The van der Waals surface area contributed by atoms with Gasteiger partial charge in [-0.15, -0.1) is 0 Å². The van der Waals surface area contributed by atoms with Gasteiger partial charge < -0.3 is 36.9 Å². The monoisotopic (exact) mass is 440 g/mol. The van der Waals surface area contributed by atoms with Crippen LogP contribution in [-0.2, 0) is 25.6 Å². The third-order valence-electron chi connectivity index (χ3n) is 4.41. The third kappa shape index (κ3) is 8.72. The standard InChI is InChI=1S/C19H32N6O6/c1-9(2)5-13(18(29)25-15(11(4)26)19(30)31)24-17(28)14(23-16(27)10(3)20)6-12-7-21-8-22-12/h7-11,13-15,26H,5-6,20H2,1-4H3,(H,21,22)(H,23,27)(H,24,28)(H,25,29)(H,30,31). The number of H-pyrrole nitrogens is 1. The second kappa shape index (κ2) is 12.0. The molecule has 0 fully saturated rings. The Hall–Kier alpha value is -2.99. The van der Waals surface area contributed by atoms with E-state index in [1.165, 1.54) is 26.4 Å². The minimum Gasteiger partial charge on any atom is -0.480 e. The molecule has 5 atom stereocenters. The van der Waals surface area contributed by atoms with E-state index < -0.39 is 54.0 Å². The smallest absolute Gasteiger partial charge is 0.328 e. The molecule has 0 spiro atoms. The average Bonchev–Trinajstić information content (AvgIpc) is 3.16. The molecule has 0 aromatic carbocycles. The second-order valence-corrected chi connectivity index (χ2v) is 7.89. The Bertz CT molecular complexity index is 749. The summed E-state index contributed by atoms with van der Waals surface area (Å²) in [6.45, 7) is 6.36. The van der Waals surface area contributed by atoms with Crippen molar-refractivity contribution >= 4 is 23.7 Å². The van der Waals surface area contributed by atoms with Crippen LogP contribution < -0.4 is 21.7 Å². The Kier molecular flexibility index (Phi) is 10.1. The van der Waals surface area contributed by atoms with Crippen molar-refractivity contribution in [2.45, 2.75) is 70.8 Å². The topological polar surface area (TPSA) is 200 Å². The first-order valence-corrected chi connectivity index (χ1v) is 9.97. The number of aromatic amines is 1. The van der Waals surface area contributed by atoms with Crippen molar-refractivity contribution in [2.75, 3.05) is 0 Å². The van der Waals surface area contributed by atoms with Crippen LogP contribution in [0.25, 0.3) is 0 Å². The van der Waals surface area contributed by atoms with Crippen LogP contribution in [0.1, 0.15) is 39.8 Å². The quantitative estimate of drug-likeness (QED) is 0.199. The van der Waals surface area contributed by atoms with Gasteiger partial charge in [0.15, 0.2) is 6.04 Å². The van der Waals surface area contributed by atoms with Crippen molar-refractivity contribution in [3.63, 3.8) is 0 Å². The Balaban J connectivity index is 3.01. The van der Waals surface area contributed by atoms with Gasteiger partial charge in [0.25, 0.3) is 0 Å². The van der Waals surface area contributed by atoms with Crippen molar-refractivity contribution in [1.82, 2.24) is 25.9 Å². The molecule has 31 heavy (non-hydrogen) atoms. The zero-order chi connectivity index (χ0) is 23.7. The maximum absolute atomic E-state index is 12.9. The van der Waals surface area contributed by atoms with Gasteiger partial charge in [-0.3, -0.25) is 14.4 Å². The van der Waals surface area contributed by atoms with Gasteiger partial charge in [0, 0.05) is 18.3 Å². The van der Waals surface area contributed by atoms with E-state index in [1.54, 1.807) is 0 Å². The number of amides is 3. The molecule has 1 heterocycles. The molecule has 0 aliphatic rings. The number of aliphatic hydroxyl groups is 1. The number of aliphatic carboxylic acids is 1. The first-order valence-electron chi connectivity index (χ1n) is 9.97. The lowest BCUT2D eigenvalue weighted by molar-refractivity contribution is -0.145. The third-order valence-corrected chi connectivity index (χ3v) is 4.41. The normalized spacial score (nSPS) is 16.0. The zero-order valence-corrected chi connectivity index (χ0v) is 18.1. The number of aliphatic hydroxyl groups excluding tert-OH is 1. The first kappa shape index (κ1) is 26.0. The van der Waals surface area contributed by atoms with Gasteiger partial charge in [0.2, 0.25) is 17.7 Å². The predicted octanol–water partition coefficient (Wildman–Crippen LogP) is -1.73. The van der Waals surface area contributed by atoms with E-state index in [-0.39, 0.29) is 18.8 Å². The van der Waals surface area contributed by atoms with E-state index in [9.17, 15) is 29.4 Å². The summed E-state index contributed by atoms with van der Waals surface area (Å²) in [5, 5.41) is 26.2. The summed E-state index contributed by atoms with van der Waals surface area (Å²) < 4.78 is 0. The molecule has 0 saturated heterocycles. The number of carbonyl (C=O) groups excluding carboxylic acids is 3. The summed E-state index contributed by atoms with van der Waals surface area (Å²) in [5.74, 6) is -3.37. The number of nitrogens with one attached hydrogen (secondary N) is 4. The highest BCUT2D eigenvalue weighted by atomic mass is 16.4. The molecule has 12 heteroatoms. The molecular formula is C19H32N6O6. The molecule has 0 saturated carbocycles. The average molecular weight is 441 g/mol. The number of carboxylic acids is 1. The van der Waals surface area contributed by atoms with Gasteiger partial charge in [0.1, 0.15) is 12.1 Å². The Morgan fingerprint density at radius 1 is 1.03 bits per heavy atom. The molecule has 1 aromatic rings. The van der Waals surface area contributed by atoms with Crippen LogP contribution in [0, 0.1) is 5.92 Å². The molecule has 0 aliphatic heterocycles. The highest BCUT2D eigenvalue weighted by molar-refractivity contribution is 5.94. The number of nitrogens with zero attached hydrogens (tertiary/aromatic N) is 1. The minimum atomic E-state index is -1.53. The van der Waals surface area contributed by atoms with Crippen LogP contribution in [0.4, 0.5) is 0 Å². The summed E-state index contributed by atoms with van der Waals surface area (Å²) in [7, 11) is 0. The molecule has 8 N–H and O–H groups in total. The molecular weight excluding hydrogens is 408 g/mol. The SMILES string of the molecule is CC(C)CC(NC(=O)C(Cc1cnc[nH]1)NC(=O)C(C)N)C(=O)NC(C(=O)O)C(C)O. The molecule has 1 aromatic heterocycles. The number of imidazole rings is 1. The highest BCUT2D eigenvalue weighted by Gasteiger charge is 2.32. The van der Waals surface area contributed by atoms with E-state index in [4.69, 9.17) is 5.73 Å². The van der Waals surface area contributed by atoms with Crippen LogP contribution >= 0.6 is 0 Å². The van der Waals surface area contributed by atoms with Crippen LogP contribution in [-0.4, -0.2) is 74.1 Å². The maximum atomic E-state index is 12.9. The van der Waals surface area contributed by atoms with Gasteiger partial charge in [-0.25, -0.2) is 9.78 Å². The van der Waals surface area contributed by atoms with Gasteiger partial charge in [-0.2, -0.15) is 0 Å². The van der Waals surface area contributed by atoms with Crippen molar-refractivity contribution in [3.8, 4) is 0 Å². The molecule has 5 unspecified atom stereocenters. The second-order valence-electron chi connectivity index (χ2n) is 7.89. The summed E-state index contributed by atoms with van der Waals surface area (Å²) in [6.07, 6.45) is 1.87. The molecule has 0 bridgehead atoms. The Morgan fingerprint density at radius 2 is 1.61 bits per heavy atom. The first-order chi connectivity index (χ1) is 14.4. The highest BCUT2D eigenvalue weighted by Crippen LogP contribution is 2.08. The number of hydrogen-bond acceptors (Lipinski definition) is 7. The summed E-state index contributed by atoms with van der Waals surface area (Å²) in [6, 6.07) is -4.51. The van der Waals surface area contributed by atoms with Crippen LogP contribution in [0.5, 0.6) is 0 Å². The van der Waals surface area contributed by atoms with Crippen molar-refractivity contribution in [2.24, 2.45) is 11.7 Å². The number of carbonyl (C=O) groups is 4. The molecule has 1 rings (SSSR count). The predicted molar refractivity (Wildman–Crippen MR) is 111 cm³/mol. The lowest BCUT2D eigenvalue weighted by Crippen LogP contribution is -2.58. The summed E-state index contributed by atoms with van der Waals surface area (Å²) in [4.78, 5) is 55.7. The van der Waals surface area contributed by atoms with E-state index in [0.29, 0.717) is 5.69 Å². The number of rotatable bonds is 12. The van der Waals surface area contributed by atoms with E-state index in [2.05, 4.69) is 25.9 Å². The van der Waals surface area contributed by atoms with E-state index in [0.717, 1.165) is 0 Å². The number of aromatic nitrogens is 2. The van der Waals surface area contributed by atoms with Crippen LogP contribution in [0.3, 0.4) is 0 Å². The molecule has 174 valence electrons. The minimum absolute atomic E-state index is 0.0180. The fourth-order valence-electron chi connectivity index (χ4n) is 2.75. The van der Waals surface area contributed by atoms with Crippen molar-refractivity contribution < 1.29 is 29.4 Å². The van der Waals surface area contributed by atoms with Gasteiger partial charge in [-0.05, 0) is 26.2 Å². The number of carboxylic acid groups (broad SMARTS) is 1. The molecule has 3 amide bonds. The van der Waals surface area contributed by atoms with Crippen molar-refractivity contribution in [1.29, 1.82) is 0 Å². The Labute approximate surface area is 180 Å². The van der Waals surface area contributed by atoms with Crippen molar-refractivity contribution in [3.05, 3.63) is 18.2 Å². The fraction of sp³-hybridized carbons (Fsp3) is 0.632. The fourth-order valence-corrected chi connectivity index (χ4v) is 2.75. The van der Waals surface area contributed by atoms with Gasteiger partial charge >= 0.3 is 5.97 Å². The summed E-state index contributed by atoms with van der Waals surface area (Å²) >= 11 is 0. The van der Waals surface area contributed by atoms with Crippen LogP contribution in [0.15, 0.2) is 12.5 Å². The number of hydrogen-bond donors (Lipinski definition) is 7. The van der Waals surface area contributed by atoms with Gasteiger partial charge in [0.05, 0.1) is 18.5 Å². The lowest BCUT2D eigenvalue weighted by Gasteiger charge is -2.26. The molecule has 12 nitrogen and oxygen atoms in total. The Morgan fingerprint density at radius 3 is 2.06 bits per heavy atom. The lowest BCUT2D eigenvalue weighted by atomic mass is 10.0. The zero-order valence-electron chi connectivity index (χ0n) is 18.1. The maximum Gasteiger partial charge on any atom is 0.328 e. The van der Waals surface area contributed by atoms with E-state index >= 15 is 0 Å². The summed E-state index contributed by atoms with van der Waals surface area (Å²) in [5.41, 5.74) is 6.16. The van der Waals surface area contributed by atoms with Crippen LogP contribution in [0.2, 0.25) is 0 Å². The molecule has 0 aliphatic carbocycles. The molecule has 0 radical (unpaired) electrons.